The molecule has 1 aliphatic rings. The molecule has 1 aromatic rings. The van der Waals surface area contributed by atoms with Gasteiger partial charge in [-0.05, 0) is 18.9 Å². The van der Waals surface area contributed by atoms with Crippen molar-refractivity contribution in [2.24, 2.45) is 0 Å². The molecule has 1 saturated heterocycles. The number of carboxylic acid groups (broad SMARTS) is 1. The van der Waals surface area contributed by atoms with E-state index in [1.54, 1.807) is 0 Å². The smallest absolute Gasteiger partial charge is 0.322 e. The standard InChI is InChI=1S/C11H10ClFN2O6S/c12-6-4-10(7(13)5-9(6)15(18)19)22(20,21)14-3-1-2-8(14)11(16)17/h4-5,8H,1-3H2,(H,16,17)/t8-/m1/s1. The zero-order valence-electron chi connectivity index (χ0n) is 10.9. The van der Waals surface area contributed by atoms with Crippen molar-refractivity contribution < 1.29 is 27.6 Å². The molecule has 0 radical (unpaired) electrons. The lowest BCUT2D eigenvalue weighted by Gasteiger charge is -2.21. The van der Waals surface area contributed by atoms with Gasteiger partial charge in [0.1, 0.15) is 21.8 Å². The van der Waals surface area contributed by atoms with E-state index in [2.05, 4.69) is 0 Å². The van der Waals surface area contributed by atoms with Crippen LogP contribution in [0.4, 0.5) is 10.1 Å². The summed E-state index contributed by atoms with van der Waals surface area (Å²) in [6.07, 6.45) is 0.426. The van der Waals surface area contributed by atoms with E-state index in [9.17, 15) is 27.7 Å². The lowest BCUT2D eigenvalue weighted by molar-refractivity contribution is -0.384. The molecule has 0 amide bonds. The lowest BCUT2D eigenvalue weighted by atomic mass is 10.2. The van der Waals surface area contributed by atoms with E-state index in [0.717, 1.165) is 0 Å². The summed E-state index contributed by atoms with van der Waals surface area (Å²) < 4.78 is 39.4. The first-order chi connectivity index (χ1) is 10.2. The van der Waals surface area contributed by atoms with E-state index < -0.39 is 48.4 Å². The molecule has 1 N–H and O–H groups in total. The molecule has 1 atom stereocenters. The molecule has 2 rings (SSSR count). The van der Waals surface area contributed by atoms with Crippen LogP contribution in [0, 0.1) is 15.9 Å². The Labute approximate surface area is 129 Å². The summed E-state index contributed by atoms with van der Waals surface area (Å²) in [5.41, 5.74) is -0.769. The first-order valence-electron chi connectivity index (χ1n) is 6.04. The maximum atomic E-state index is 14.0. The van der Waals surface area contributed by atoms with Gasteiger partial charge >= 0.3 is 5.97 Å². The third-order valence-electron chi connectivity index (χ3n) is 3.27. The third kappa shape index (κ3) is 2.76. The number of nitro groups is 1. The molecule has 1 heterocycles. The molecule has 1 fully saturated rings. The molecule has 1 aliphatic heterocycles. The molecule has 22 heavy (non-hydrogen) atoms. The fourth-order valence-electron chi connectivity index (χ4n) is 2.26. The molecule has 0 aromatic heterocycles. The van der Waals surface area contributed by atoms with Gasteiger partial charge in [0.15, 0.2) is 0 Å². The van der Waals surface area contributed by atoms with Gasteiger partial charge in [0.2, 0.25) is 10.0 Å². The Morgan fingerprint density at radius 1 is 1.50 bits per heavy atom. The molecule has 0 aliphatic carbocycles. The van der Waals surface area contributed by atoms with Crippen molar-refractivity contribution in [2.45, 2.75) is 23.8 Å². The van der Waals surface area contributed by atoms with Gasteiger partial charge < -0.3 is 5.11 Å². The second kappa shape index (κ2) is 5.78. The van der Waals surface area contributed by atoms with E-state index in [1.807, 2.05) is 0 Å². The summed E-state index contributed by atoms with van der Waals surface area (Å²) in [6.45, 7) is -0.0760. The number of rotatable bonds is 4. The van der Waals surface area contributed by atoms with Crippen LogP contribution in [0.2, 0.25) is 5.02 Å². The van der Waals surface area contributed by atoms with E-state index in [4.69, 9.17) is 16.7 Å². The minimum Gasteiger partial charge on any atom is -0.480 e. The van der Waals surface area contributed by atoms with E-state index >= 15 is 0 Å². The van der Waals surface area contributed by atoms with Crippen LogP contribution in [0.25, 0.3) is 0 Å². The first-order valence-corrected chi connectivity index (χ1v) is 7.86. The fraction of sp³-hybridized carbons (Fsp3) is 0.364. The van der Waals surface area contributed by atoms with Crippen LogP contribution in [0.3, 0.4) is 0 Å². The Morgan fingerprint density at radius 2 is 2.14 bits per heavy atom. The highest BCUT2D eigenvalue weighted by Gasteiger charge is 2.41. The second-order valence-electron chi connectivity index (χ2n) is 4.60. The molecule has 0 bridgehead atoms. The van der Waals surface area contributed by atoms with E-state index in [1.165, 1.54) is 0 Å². The molecule has 11 heteroatoms. The highest BCUT2D eigenvalue weighted by molar-refractivity contribution is 7.89. The number of aliphatic carboxylic acids is 1. The Bertz CT molecular complexity index is 753. The maximum Gasteiger partial charge on any atom is 0.322 e. The molecule has 8 nitrogen and oxygen atoms in total. The van der Waals surface area contributed by atoms with Gasteiger partial charge in [0.05, 0.1) is 11.0 Å². The van der Waals surface area contributed by atoms with Crippen molar-refractivity contribution in [2.75, 3.05) is 6.54 Å². The number of carboxylic acids is 1. The first kappa shape index (κ1) is 16.6. The molecule has 0 saturated carbocycles. The van der Waals surface area contributed by atoms with E-state index in [-0.39, 0.29) is 13.0 Å². The lowest BCUT2D eigenvalue weighted by Crippen LogP contribution is -2.40. The minimum absolute atomic E-state index is 0.0760. The number of nitro benzene ring substituents is 1. The number of benzene rings is 1. The number of hydrogen-bond acceptors (Lipinski definition) is 5. The Morgan fingerprint density at radius 3 is 2.68 bits per heavy atom. The Balaban J connectivity index is 2.53. The average molecular weight is 353 g/mol. The summed E-state index contributed by atoms with van der Waals surface area (Å²) in [7, 11) is -4.46. The van der Waals surface area contributed by atoms with Crippen molar-refractivity contribution >= 4 is 33.3 Å². The SMILES string of the molecule is O=C(O)[C@H]1CCCN1S(=O)(=O)c1cc(Cl)c([N+](=O)[O-])cc1F. The van der Waals surface area contributed by atoms with Gasteiger partial charge in [-0.1, -0.05) is 11.6 Å². The largest absolute Gasteiger partial charge is 0.480 e. The average Bonchev–Trinajstić information content (AvgIpc) is 2.90. The van der Waals surface area contributed by atoms with Crippen LogP contribution in [0.1, 0.15) is 12.8 Å². The summed E-state index contributed by atoms with van der Waals surface area (Å²) in [5, 5.41) is 19.1. The molecule has 0 spiro atoms. The summed E-state index contributed by atoms with van der Waals surface area (Å²) in [5.74, 6) is -2.69. The quantitative estimate of drug-likeness (QED) is 0.650. The Kier molecular flexibility index (Phi) is 4.36. The molecular weight excluding hydrogens is 343 g/mol. The van der Waals surface area contributed by atoms with Crippen molar-refractivity contribution in [1.82, 2.24) is 4.31 Å². The molecule has 1 aromatic carbocycles. The summed E-state index contributed by atoms with van der Waals surface area (Å²) in [4.78, 5) is 19.9. The molecule has 0 unspecified atom stereocenters. The van der Waals surface area contributed by atoms with Crippen molar-refractivity contribution in [3.8, 4) is 0 Å². The third-order valence-corrected chi connectivity index (χ3v) is 5.50. The summed E-state index contributed by atoms with van der Waals surface area (Å²) in [6, 6.07) is -0.263. The maximum absolute atomic E-state index is 14.0. The van der Waals surface area contributed by atoms with Gasteiger partial charge in [-0.2, -0.15) is 4.31 Å². The van der Waals surface area contributed by atoms with Crippen LogP contribution >= 0.6 is 11.6 Å². The van der Waals surface area contributed by atoms with Crippen LogP contribution in [0.15, 0.2) is 17.0 Å². The van der Waals surface area contributed by atoms with Gasteiger partial charge in [-0.3, -0.25) is 14.9 Å². The monoisotopic (exact) mass is 352 g/mol. The highest BCUT2D eigenvalue weighted by Crippen LogP contribution is 2.33. The zero-order chi connectivity index (χ0) is 16.7. The number of hydrogen-bond donors (Lipinski definition) is 1. The predicted molar refractivity (Wildman–Crippen MR) is 72.6 cm³/mol. The van der Waals surface area contributed by atoms with E-state index in [0.29, 0.717) is 22.9 Å². The summed E-state index contributed by atoms with van der Waals surface area (Å²) >= 11 is 5.60. The second-order valence-corrected chi connectivity index (χ2v) is 6.87. The number of nitrogens with zero attached hydrogens (tertiary/aromatic N) is 2. The zero-order valence-corrected chi connectivity index (χ0v) is 12.5. The number of halogens is 2. The van der Waals surface area contributed by atoms with Crippen molar-refractivity contribution in [1.29, 1.82) is 0 Å². The highest BCUT2D eigenvalue weighted by atomic mass is 35.5. The predicted octanol–water partition coefficient (Wildman–Crippen LogP) is 1.62. The minimum atomic E-state index is -4.46. The fourth-order valence-corrected chi connectivity index (χ4v) is 4.28. The topological polar surface area (TPSA) is 118 Å². The van der Waals surface area contributed by atoms with Crippen molar-refractivity contribution in [3.63, 3.8) is 0 Å². The van der Waals surface area contributed by atoms with Gasteiger partial charge in [-0.25, -0.2) is 12.8 Å². The van der Waals surface area contributed by atoms with Gasteiger partial charge in [0.25, 0.3) is 5.69 Å². The Hall–Kier alpha value is -1.78. The number of sulfonamides is 1. The molecular formula is C11H10ClFN2O6S. The van der Waals surface area contributed by atoms with Gasteiger partial charge in [-0.15, -0.1) is 0 Å². The van der Waals surface area contributed by atoms with Gasteiger partial charge in [0, 0.05) is 6.54 Å². The van der Waals surface area contributed by atoms with Crippen LogP contribution in [-0.2, 0) is 14.8 Å². The number of carbonyl (C=O) groups is 1. The van der Waals surface area contributed by atoms with Crippen LogP contribution in [0.5, 0.6) is 0 Å². The normalized spacial score (nSPS) is 19.3. The van der Waals surface area contributed by atoms with Crippen LogP contribution < -0.4 is 0 Å². The van der Waals surface area contributed by atoms with Crippen molar-refractivity contribution in [3.05, 3.63) is 33.1 Å². The molecule has 120 valence electrons. The van der Waals surface area contributed by atoms with Crippen LogP contribution in [-0.4, -0.2) is 41.3 Å².